The van der Waals surface area contributed by atoms with Crippen LogP contribution in [0.15, 0.2) is 30.3 Å². The molecule has 0 spiro atoms. The number of ether oxygens (including phenoxy) is 1. The van der Waals surface area contributed by atoms with Gasteiger partial charge >= 0.3 is 5.97 Å². The van der Waals surface area contributed by atoms with Crippen molar-refractivity contribution in [2.24, 2.45) is 5.73 Å². The SMILES string of the molecule is CC(=O)OCCC(CN)c1ccccc1. The molecular weight excluding hydrogens is 190 g/mol. The summed E-state index contributed by atoms with van der Waals surface area (Å²) in [6.45, 7) is 2.43. The Morgan fingerprint density at radius 2 is 2.07 bits per heavy atom. The van der Waals surface area contributed by atoms with E-state index in [0.29, 0.717) is 13.2 Å². The van der Waals surface area contributed by atoms with E-state index in [-0.39, 0.29) is 11.9 Å². The first-order valence-electron chi connectivity index (χ1n) is 5.12. The van der Waals surface area contributed by atoms with Crippen molar-refractivity contribution in [3.63, 3.8) is 0 Å². The van der Waals surface area contributed by atoms with Crippen LogP contribution in [-0.2, 0) is 9.53 Å². The standard InChI is InChI=1S/C12H17NO2/c1-10(14)15-8-7-12(9-13)11-5-3-2-4-6-11/h2-6,12H,7-9,13H2,1H3. The molecular formula is C12H17NO2. The fourth-order valence-corrected chi connectivity index (χ4v) is 1.49. The minimum Gasteiger partial charge on any atom is -0.466 e. The summed E-state index contributed by atoms with van der Waals surface area (Å²) in [5.74, 6) is 0.0318. The Hall–Kier alpha value is -1.35. The van der Waals surface area contributed by atoms with E-state index < -0.39 is 0 Å². The molecule has 3 heteroatoms. The van der Waals surface area contributed by atoms with Crippen LogP contribution in [0.2, 0.25) is 0 Å². The largest absolute Gasteiger partial charge is 0.466 e. The Morgan fingerprint density at radius 1 is 1.40 bits per heavy atom. The first kappa shape index (κ1) is 11.7. The second kappa shape index (κ2) is 6.19. The van der Waals surface area contributed by atoms with Gasteiger partial charge in [-0.1, -0.05) is 30.3 Å². The van der Waals surface area contributed by atoms with Crippen LogP contribution in [0.5, 0.6) is 0 Å². The number of carbonyl (C=O) groups excluding carboxylic acids is 1. The average molecular weight is 207 g/mol. The normalized spacial score (nSPS) is 12.1. The third-order valence-corrected chi connectivity index (χ3v) is 2.33. The van der Waals surface area contributed by atoms with E-state index in [1.54, 1.807) is 0 Å². The number of rotatable bonds is 5. The van der Waals surface area contributed by atoms with Crippen LogP contribution >= 0.6 is 0 Å². The lowest BCUT2D eigenvalue weighted by molar-refractivity contribution is -0.141. The molecule has 0 aliphatic heterocycles. The van der Waals surface area contributed by atoms with Crippen molar-refractivity contribution in [1.82, 2.24) is 0 Å². The zero-order valence-electron chi connectivity index (χ0n) is 8.98. The predicted molar refractivity (Wildman–Crippen MR) is 59.5 cm³/mol. The molecule has 3 nitrogen and oxygen atoms in total. The summed E-state index contributed by atoms with van der Waals surface area (Å²) in [6.07, 6.45) is 0.778. The third kappa shape index (κ3) is 4.13. The second-order valence-electron chi connectivity index (χ2n) is 3.47. The van der Waals surface area contributed by atoms with Crippen LogP contribution in [0.3, 0.4) is 0 Å². The van der Waals surface area contributed by atoms with Crippen molar-refractivity contribution >= 4 is 5.97 Å². The topological polar surface area (TPSA) is 52.3 Å². The van der Waals surface area contributed by atoms with Gasteiger partial charge in [0.25, 0.3) is 0 Å². The van der Waals surface area contributed by atoms with Gasteiger partial charge in [0.15, 0.2) is 0 Å². The maximum Gasteiger partial charge on any atom is 0.302 e. The van der Waals surface area contributed by atoms with Crippen molar-refractivity contribution in [2.75, 3.05) is 13.2 Å². The van der Waals surface area contributed by atoms with Crippen LogP contribution < -0.4 is 5.73 Å². The first-order chi connectivity index (χ1) is 7.24. The summed E-state index contributed by atoms with van der Waals surface area (Å²) in [4.78, 5) is 10.6. The highest BCUT2D eigenvalue weighted by atomic mass is 16.5. The van der Waals surface area contributed by atoms with Crippen molar-refractivity contribution in [3.05, 3.63) is 35.9 Å². The molecule has 82 valence electrons. The number of hydrogen-bond acceptors (Lipinski definition) is 3. The van der Waals surface area contributed by atoms with Gasteiger partial charge in [0, 0.05) is 6.92 Å². The molecule has 1 aromatic carbocycles. The Balaban J connectivity index is 2.46. The molecule has 15 heavy (non-hydrogen) atoms. The lowest BCUT2D eigenvalue weighted by atomic mass is 9.96. The molecule has 0 aliphatic carbocycles. The molecule has 2 N–H and O–H groups in total. The maximum absolute atomic E-state index is 10.6. The molecule has 1 aromatic rings. The van der Waals surface area contributed by atoms with Gasteiger partial charge in [-0.2, -0.15) is 0 Å². The lowest BCUT2D eigenvalue weighted by Crippen LogP contribution is -2.15. The van der Waals surface area contributed by atoms with Crippen LogP contribution in [0.25, 0.3) is 0 Å². The molecule has 0 saturated heterocycles. The zero-order valence-corrected chi connectivity index (χ0v) is 8.98. The average Bonchev–Trinajstić information content (AvgIpc) is 2.25. The number of hydrogen-bond donors (Lipinski definition) is 1. The highest BCUT2D eigenvalue weighted by Gasteiger charge is 2.09. The van der Waals surface area contributed by atoms with E-state index in [4.69, 9.17) is 10.5 Å². The van der Waals surface area contributed by atoms with Gasteiger partial charge in [0.1, 0.15) is 0 Å². The smallest absolute Gasteiger partial charge is 0.302 e. The van der Waals surface area contributed by atoms with Gasteiger partial charge < -0.3 is 10.5 Å². The molecule has 1 rings (SSSR count). The fraction of sp³-hybridized carbons (Fsp3) is 0.417. The number of nitrogens with two attached hydrogens (primary N) is 1. The Labute approximate surface area is 90.2 Å². The number of esters is 1. The zero-order chi connectivity index (χ0) is 11.1. The second-order valence-corrected chi connectivity index (χ2v) is 3.47. The minimum absolute atomic E-state index is 0.237. The molecule has 0 amide bonds. The quantitative estimate of drug-likeness (QED) is 0.747. The molecule has 0 saturated carbocycles. The van der Waals surface area contributed by atoms with Gasteiger partial charge in [0.05, 0.1) is 6.61 Å². The molecule has 0 bridgehead atoms. The fourth-order valence-electron chi connectivity index (χ4n) is 1.49. The minimum atomic E-state index is -0.237. The van der Waals surface area contributed by atoms with Crippen molar-refractivity contribution in [2.45, 2.75) is 19.3 Å². The third-order valence-electron chi connectivity index (χ3n) is 2.33. The van der Waals surface area contributed by atoms with Gasteiger partial charge in [-0.3, -0.25) is 4.79 Å². The van der Waals surface area contributed by atoms with Gasteiger partial charge in [-0.05, 0) is 24.4 Å². The van der Waals surface area contributed by atoms with Crippen molar-refractivity contribution in [1.29, 1.82) is 0 Å². The molecule has 0 heterocycles. The van der Waals surface area contributed by atoms with Crippen LogP contribution in [-0.4, -0.2) is 19.1 Å². The van der Waals surface area contributed by atoms with Gasteiger partial charge in [0.2, 0.25) is 0 Å². The van der Waals surface area contributed by atoms with Crippen LogP contribution in [0, 0.1) is 0 Å². The summed E-state index contributed by atoms with van der Waals surface area (Å²) < 4.78 is 4.90. The van der Waals surface area contributed by atoms with Crippen LogP contribution in [0.1, 0.15) is 24.8 Å². The lowest BCUT2D eigenvalue weighted by Gasteiger charge is -2.14. The summed E-state index contributed by atoms with van der Waals surface area (Å²) in [7, 11) is 0. The predicted octanol–water partition coefficient (Wildman–Crippen LogP) is 1.68. The van der Waals surface area contributed by atoms with Gasteiger partial charge in [-0.15, -0.1) is 0 Å². The molecule has 1 unspecified atom stereocenters. The highest BCUT2D eigenvalue weighted by molar-refractivity contribution is 5.65. The highest BCUT2D eigenvalue weighted by Crippen LogP contribution is 2.17. The molecule has 0 radical (unpaired) electrons. The van der Waals surface area contributed by atoms with Crippen molar-refractivity contribution < 1.29 is 9.53 Å². The Morgan fingerprint density at radius 3 is 2.60 bits per heavy atom. The Kier molecular flexibility index (Phi) is 4.84. The summed E-state index contributed by atoms with van der Waals surface area (Å²) in [5.41, 5.74) is 6.88. The van der Waals surface area contributed by atoms with Gasteiger partial charge in [-0.25, -0.2) is 0 Å². The Bertz CT molecular complexity index is 298. The van der Waals surface area contributed by atoms with E-state index in [1.807, 2.05) is 30.3 Å². The first-order valence-corrected chi connectivity index (χ1v) is 5.12. The van der Waals surface area contributed by atoms with E-state index in [0.717, 1.165) is 6.42 Å². The molecule has 0 aliphatic rings. The number of benzene rings is 1. The molecule has 0 aromatic heterocycles. The molecule has 0 fully saturated rings. The number of carbonyl (C=O) groups is 1. The van der Waals surface area contributed by atoms with E-state index in [9.17, 15) is 4.79 Å². The summed E-state index contributed by atoms with van der Waals surface area (Å²) >= 11 is 0. The summed E-state index contributed by atoms with van der Waals surface area (Å²) in [6, 6.07) is 10.0. The van der Waals surface area contributed by atoms with Crippen molar-refractivity contribution in [3.8, 4) is 0 Å². The van der Waals surface area contributed by atoms with Crippen LogP contribution in [0.4, 0.5) is 0 Å². The van der Waals surface area contributed by atoms with E-state index in [1.165, 1.54) is 12.5 Å². The maximum atomic E-state index is 10.6. The summed E-state index contributed by atoms with van der Waals surface area (Å²) in [5, 5.41) is 0. The van der Waals surface area contributed by atoms with E-state index in [2.05, 4.69) is 0 Å². The monoisotopic (exact) mass is 207 g/mol. The molecule has 1 atom stereocenters. The van der Waals surface area contributed by atoms with E-state index >= 15 is 0 Å².